The van der Waals surface area contributed by atoms with Crippen molar-refractivity contribution in [2.75, 3.05) is 0 Å². The standard InChI is InChI=1S/C9H9N/c1-8(7-10)9-5-3-2-4-6-9/h2-6,8H,1H3/t8-/m1/s1. The third-order valence-electron chi connectivity index (χ3n) is 1.49. The van der Waals surface area contributed by atoms with Crippen LogP contribution < -0.4 is 0 Å². The summed E-state index contributed by atoms with van der Waals surface area (Å²) >= 11 is 0. The van der Waals surface area contributed by atoms with Crippen LogP contribution in [0.3, 0.4) is 0 Å². The molecule has 1 atom stereocenters. The Bertz CT molecular complexity index is 233. The van der Waals surface area contributed by atoms with E-state index in [4.69, 9.17) is 5.26 Å². The molecule has 0 saturated heterocycles. The first-order valence-electron chi connectivity index (χ1n) is 3.29. The molecule has 50 valence electrons. The molecule has 0 unspecified atom stereocenters. The Kier molecular flexibility index (Phi) is 2.07. The van der Waals surface area contributed by atoms with Gasteiger partial charge < -0.3 is 0 Å². The van der Waals surface area contributed by atoms with Crippen molar-refractivity contribution >= 4 is 0 Å². The van der Waals surface area contributed by atoms with Crippen molar-refractivity contribution < 1.29 is 0 Å². The van der Waals surface area contributed by atoms with Crippen molar-refractivity contribution in [3.05, 3.63) is 35.9 Å². The first-order chi connectivity index (χ1) is 4.84. The minimum atomic E-state index is 0.0150. The molecule has 0 heterocycles. The molecule has 0 spiro atoms. The molecule has 0 aromatic heterocycles. The van der Waals surface area contributed by atoms with Gasteiger partial charge in [-0.25, -0.2) is 0 Å². The highest BCUT2D eigenvalue weighted by molar-refractivity contribution is 5.23. The van der Waals surface area contributed by atoms with E-state index in [1.54, 1.807) is 0 Å². The SMILES string of the molecule is C[C@H](C#N)c1ccccc1. The maximum absolute atomic E-state index is 8.54. The van der Waals surface area contributed by atoms with Gasteiger partial charge in [0.2, 0.25) is 0 Å². The lowest BCUT2D eigenvalue weighted by Crippen LogP contribution is -1.86. The predicted octanol–water partition coefficient (Wildman–Crippen LogP) is 2.31. The van der Waals surface area contributed by atoms with Gasteiger partial charge >= 0.3 is 0 Å². The van der Waals surface area contributed by atoms with E-state index in [0.29, 0.717) is 0 Å². The summed E-state index contributed by atoms with van der Waals surface area (Å²) in [5, 5.41) is 8.54. The lowest BCUT2D eigenvalue weighted by Gasteiger charge is -1.99. The lowest BCUT2D eigenvalue weighted by molar-refractivity contribution is 0.982. The maximum atomic E-state index is 8.54. The molecule has 0 N–H and O–H groups in total. The average molecular weight is 131 g/mol. The Morgan fingerprint density at radius 2 is 1.90 bits per heavy atom. The van der Waals surface area contributed by atoms with E-state index < -0.39 is 0 Å². The van der Waals surface area contributed by atoms with E-state index in [1.165, 1.54) is 0 Å². The van der Waals surface area contributed by atoms with Crippen LogP contribution in [0.15, 0.2) is 30.3 Å². The van der Waals surface area contributed by atoms with Crippen LogP contribution in [0, 0.1) is 11.3 Å². The number of rotatable bonds is 1. The Labute approximate surface area is 60.9 Å². The molecule has 1 aromatic carbocycles. The van der Waals surface area contributed by atoms with Gasteiger partial charge in [0.1, 0.15) is 0 Å². The summed E-state index contributed by atoms with van der Waals surface area (Å²) in [6, 6.07) is 12.0. The fourth-order valence-corrected chi connectivity index (χ4v) is 0.816. The Balaban J connectivity index is 2.88. The predicted molar refractivity (Wildman–Crippen MR) is 40.5 cm³/mol. The normalized spacial score (nSPS) is 12.0. The van der Waals surface area contributed by atoms with Gasteiger partial charge in [0, 0.05) is 0 Å². The molecule has 0 aliphatic heterocycles. The zero-order valence-corrected chi connectivity index (χ0v) is 5.91. The zero-order valence-electron chi connectivity index (χ0n) is 5.91. The monoisotopic (exact) mass is 131 g/mol. The largest absolute Gasteiger partial charge is 0.198 e. The Morgan fingerprint density at radius 3 is 2.40 bits per heavy atom. The third-order valence-corrected chi connectivity index (χ3v) is 1.49. The highest BCUT2D eigenvalue weighted by atomic mass is 14.3. The zero-order chi connectivity index (χ0) is 7.40. The van der Waals surface area contributed by atoms with E-state index >= 15 is 0 Å². The molecule has 1 heteroatoms. The summed E-state index contributed by atoms with van der Waals surface area (Å²) < 4.78 is 0. The number of nitrogens with zero attached hydrogens (tertiary/aromatic N) is 1. The molecule has 0 amide bonds. The molecule has 0 aliphatic carbocycles. The summed E-state index contributed by atoms with van der Waals surface area (Å²) in [6.45, 7) is 1.90. The second-order valence-corrected chi connectivity index (χ2v) is 2.26. The van der Waals surface area contributed by atoms with E-state index in [0.717, 1.165) is 5.56 Å². The molecular weight excluding hydrogens is 122 g/mol. The summed E-state index contributed by atoms with van der Waals surface area (Å²) in [5.41, 5.74) is 1.09. The molecular formula is C9H9N. The average Bonchev–Trinajstić information content (AvgIpc) is 2.05. The van der Waals surface area contributed by atoms with Crippen molar-refractivity contribution in [3.8, 4) is 6.07 Å². The summed E-state index contributed by atoms with van der Waals surface area (Å²) in [4.78, 5) is 0. The number of nitriles is 1. The highest BCUT2D eigenvalue weighted by Crippen LogP contribution is 2.11. The summed E-state index contributed by atoms with van der Waals surface area (Å²) in [7, 11) is 0. The Hall–Kier alpha value is -1.29. The first-order valence-corrected chi connectivity index (χ1v) is 3.29. The molecule has 0 saturated carbocycles. The number of hydrogen-bond donors (Lipinski definition) is 0. The van der Waals surface area contributed by atoms with Gasteiger partial charge in [-0.3, -0.25) is 0 Å². The van der Waals surface area contributed by atoms with Crippen molar-refractivity contribution in [2.24, 2.45) is 0 Å². The van der Waals surface area contributed by atoms with Gasteiger partial charge in [0.25, 0.3) is 0 Å². The topological polar surface area (TPSA) is 23.8 Å². The van der Waals surface area contributed by atoms with Gasteiger partial charge in [0.15, 0.2) is 0 Å². The van der Waals surface area contributed by atoms with Crippen LogP contribution in [0.2, 0.25) is 0 Å². The van der Waals surface area contributed by atoms with Gasteiger partial charge in [-0.05, 0) is 12.5 Å². The van der Waals surface area contributed by atoms with Crippen LogP contribution in [0.25, 0.3) is 0 Å². The molecule has 1 rings (SSSR count). The molecule has 1 nitrogen and oxygen atoms in total. The van der Waals surface area contributed by atoms with Crippen LogP contribution in [-0.2, 0) is 0 Å². The van der Waals surface area contributed by atoms with Crippen LogP contribution in [0.4, 0.5) is 0 Å². The molecule has 0 aliphatic rings. The third kappa shape index (κ3) is 1.35. The van der Waals surface area contributed by atoms with E-state index in [9.17, 15) is 0 Å². The smallest absolute Gasteiger partial charge is 0.0700 e. The molecule has 1 aromatic rings. The second-order valence-electron chi connectivity index (χ2n) is 2.26. The lowest BCUT2D eigenvalue weighted by atomic mass is 10.0. The highest BCUT2D eigenvalue weighted by Gasteiger charge is 1.99. The second kappa shape index (κ2) is 3.03. The van der Waals surface area contributed by atoms with Crippen LogP contribution >= 0.6 is 0 Å². The maximum Gasteiger partial charge on any atom is 0.0700 e. The molecule has 0 bridgehead atoms. The van der Waals surface area contributed by atoms with E-state index in [1.807, 2.05) is 37.3 Å². The van der Waals surface area contributed by atoms with Crippen molar-refractivity contribution in [1.82, 2.24) is 0 Å². The first kappa shape index (κ1) is 6.82. The molecule has 0 fully saturated rings. The van der Waals surface area contributed by atoms with E-state index in [2.05, 4.69) is 6.07 Å². The summed E-state index contributed by atoms with van der Waals surface area (Å²) in [6.07, 6.45) is 0. The fraction of sp³-hybridized carbons (Fsp3) is 0.222. The molecule has 10 heavy (non-hydrogen) atoms. The van der Waals surface area contributed by atoms with Crippen molar-refractivity contribution in [3.63, 3.8) is 0 Å². The van der Waals surface area contributed by atoms with Gasteiger partial charge in [-0.1, -0.05) is 30.3 Å². The minimum Gasteiger partial charge on any atom is -0.198 e. The van der Waals surface area contributed by atoms with E-state index in [-0.39, 0.29) is 5.92 Å². The van der Waals surface area contributed by atoms with Crippen LogP contribution in [0.1, 0.15) is 18.4 Å². The van der Waals surface area contributed by atoms with Crippen LogP contribution in [-0.4, -0.2) is 0 Å². The van der Waals surface area contributed by atoms with Crippen molar-refractivity contribution in [1.29, 1.82) is 5.26 Å². The fourth-order valence-electron chi connectivity index (χ4n) is 0.816. The van der Waals surface area contributed by atoms with Crippen molar-refractivity contribution in [2.45, 2.75) is 12.8 Å². The van der Waals surface area contributed by atoms with Gasteiger partial charge in [-0.2, -0.15) is 5.26 Å². The van der Waals surface area contributed by atoms with Gasteiger partial charge in [-0.15, -0.1) is 0 Å². The number of benzene rings is 1. The minimum absolute atomic E-state index is 0.0150. The quantitative estimate of drug-likeness (QED) is 0.573. The Morgan fingerprint density at radius 1 is 1.30 bits per heavy atom. The summed E-state index contributed by atoms with van der Waals surface area (Å²) in [5.74, 6) is 0.0150. The number of hydrogen-bond acceptors (Lipinski definition) is 1. The van der Waals surface area contributed by atoms with Gasteiger partial charge in [0.05, 0.1) is 12.0 Å². The molecule has 0 radical (unpaired) electrons. The van der Waals surface area contributed by atoms with Crippen LogP contribution in [0.5, 0.6) is 0 Å².